The third kappa shape index (κ3) is 3.92. The highest BCUT2D eigenvalue weighted by molar-refractivity contribution is 6.29. The lowest BCUT2D eigenvalue weighted by atomic mass is 10.1. The van der Waals surface area contributed by atoms with Crippen LogP contribution in [0.5, 0.6) is 0 Å². The fourth-order valence-electron chi connectivity index (χ4n) is 2.71. The summed E-state index contributed by atoms with van der Waals surface area (Å²) in [4.78, 5) is 16.8. The van der Waals surface area contributed by atoms with Crippen molar-refractivity contribution in [3.05, 3.63) is 50.5 Å². The van der Waals surface area contributed by atoms with E-state index in [0.29, 0.717) is 6.61 Å². The van der Waals surface area contributed by atoms with Gasteiger partial charge < -0.3 is 14.6 Å². The highest BCUT2D eigenvalue weighted by atomic mass is 35.5. The van der Waals surface area contributed by atoms with E-state index in [1.165, 1.54) is 11.8 Å². The molecule has 23 heavy (non-hydrogen) atoms. The summed E-state index contributed by atoms with van der Waals surface area (Å²) in [5.41, 5.74) is 3.95. The van der Waals surface area contributed by atoms with Gasteiger partial charge in [0, 0.05) is 19.0 Å². The van der Waals surface area contributed by atoms with Crippen molar-refractivity contribution in [3.63, 3.8) is 0 Å². The Morgan fingerprint density at radius 2 is 1.91 bits per heavy atom. The van der Waals surface area contributed by atoms with Crippen LogP contribution >= 0.6 is 11.6 Å². The topological polar surface area (TPSA) is 56.1 Å². The lowest BCUT2D eigenvalue weighted by molar-refractivity contribution is 0.161. The first-order valence-electron chi connectivity index (χ1n) is 7.46. The number of halogens is 1. The number of ether oxygens (including phenoxy) is 1. The van der Waals surface area contributed by atoms with Gasteiger partial charge in [-0.3, -0.25) is 4.79 Å². The molecule has 1 atom stereocenters. The van der Waals surface area contributed by atoms with Crippen LogP contribution in [0.15, 0.2) is 23.1 Å². The van der Waals surface area contributed by atoms with Gasteiger partial charge in [0.1, 0.15) is 5.15 Å². The Labute approximate surface area is 141 Å². The predicted molar refractivity (Wildman–Crippen MR) is 94.0 cm³/mol. The molecule has 6 heteroatoms. The highest BCUT2D eigenvalue weighted by Crippen LogP contribution is 2.24. The Kier molecular flexibility index (Phi) is 5.44. The second-order valence-electron chi connectivity index (χ2n) is 5.83. The number of aromatic nitrogens is 2. The number of nitrogens with zero attached hydrogens (tertiary/aromatic N) is 2. The number of hydrogen-bond acceptors (Lipinski definition) is 4. The van der Waals surface area contributed by atoms with Gasteiger partial charge in [0.15, 0.2) is 5.82 Å². The summed E-state index contributed by atoms with van der Waals surface area (Å²) in [7, 11) is 1.60. The molecule has 0 spiro atoms. The van der Waals surface area contributed by atoms with E-state index >= 15 is 0 Å². The second kappa shape index (κ2) is 7.15. The largest absolute Gasteiger partial charge is 0.383 e. The zero-order valence-electron chi connectivity index (χ0n) is 14.1. The van der Waals surface area contributed by atoms with E-state index in [0.717, 1.165) is 16.8 Å². The Morgan fingerprint density at radius 3 is 2.48 bits per heavy atom. The average molecular weight is 336 g/mol. The van der Waals surface area contributed by atoms with E-state index < -0.39 is 0 Å². The summed E-state index contributed by atoms with van der Waals surface area (Å²) < 4.78 is 6.66. The summed E-state index contributed by atoms with van der Waals surface area (Å²) in [6.07, 6.45) is 1.54. The molecule has 0 aliphatic carbocycles. The summed E-state index contributed by atoms with van der Waals surface area (Å²) in [6.45, 7) is 8.36. The van der Waals surface area contributed by atoms with Crippen LogP contribution in [0, 0.1) is 20.8 Å². The van der Waals surface area contributed by atoms with Crippen molar-refractivity contribution in [3.8, 4) is 0 Å². The number of anilines is 2. The molecule has 0 bridgehead atoms. The number of nitrogens with one attached hydrogen (secondary N) is 1. The van der Waals surface area contributed by atoms with E-state index in [2.05, 4.69) is 22.4 Å². The van der Waals surface area contributed by atoms with Crippen molar-refractivity contribution >= 4 is 23.1 Å². The van der Waals surface area contributed by atoms with Gasteiger partial charge in [-0.05, 0) is 38.8 Å². The van der Waals surface area contributed by atoms with Crippen molar-refractivity contribution in [1.82, 2.24) is 9.55 Å². The van der Waals surface area contributed by atoms with Gasteiger partial charge in [-0.2, -0.15) is 0 Å². The summed E-state index contributed by atoms with van der Waals surface area (Å²) >= 11 is 6.09. The van der Waals surface area contributed by atoms with E-state index in [-0.39, 0.29) is 22.6 Å². The van der Waals surface area contributed by atoms with Crippen LogP contribution in [0.1, 0.15) is 29.7 Å². The van der Waals surface area contributed by atoms with E-state index in [1.807, 2.05) is 27.7 Å². The molecule has 5 nitrogen and oxygen atoms in total. The molecule has 0 saturated heterocycles. The number of aryl methyl sites for hydroxylation is 3. The van der Waals surface area contributed by atoms with Gasteiger partial charge in [0.05, 0.1) is 12.6 Å². The van der Waals surface area contributed by atoms with Crippen LogP contribution in [0.2, 0.25) is 5.15 Å². The van der Waals surface area contributed by atoms with Crippen molar-refractivity contribution in [1.29, 1.82) is 0 Å². The molecule has 2 rings (SSSR count). The van der Waals surface area contributed by atoms with Crippen molar-refractivity contribution < 1.29 is 4.74 Å². The zero-order valence-corrected chi connectivity index (χ0v) is 14.9. The van der Waals surface area contributed by atoms with Crippen molar-refractivity contribution in [2.24, 2.45) is 0 Å². The standard InChI is InChI=1S/C17H22ClN3O2/c1-10-6-11(2)15(12(3)7-10)20-16-17(22)21(8-14(18)19-16)13(4)9-23-5/h6-8,13H,9H2,1-5H3,(H,19,20)/t13-/m1/s1. The van der Waals surface area contributed by atoms with Gasteiger partial charge in [-0.1, -0.05) is 29.3 Å². The summed E-state index contributed by atoms with van der Waals surface area (Å²) in [5, 5.41) is 3.41. The fraction of sp³-hybridized carbons (Fsp3) is 0.412. The third-order valence-corrected chi connectivity index (χ3v) is 3.89. The molecule has 1 aromatic carbocycles. The number of methoxy groups -OCH3 is 1. The molecule has 0 saturated carbocycles. The molecule has 0 radical (unpaired) electrons. The van der Waals surface area contributed by atoms with Crippen LogP contribution in [-0.4, -0.2) is 23.3 Å². The Bertz CT molecular complexity index is 748. The Morgan fingerprint density at radius 1 is 1.30 bits per heavy atom. The van der Waals surface area contributed by atoms with Crippen molar-refractivity contribution in [2.45, 2.75) is 33.7 Å². The van der Waals surface area contributed by atoms with Gasteiger partial charge in [-0.25, -0.2) is 4.98 Å². The molecule has 1 N–H and O–H groups in total. The normalized spacial score (nSPS) is 12.3. The van der Waals surface area contributed by atoms with Gasteiger partial charge in [0.25, 0.3) is 5.56 Å². The minimum Gasteiger partial charge on any atom is -0.383 e. The maximum Gasteiger partial charge on any atom is 0.294 e. The molecule has 1 heterocycles. The summed E-state index contributed by atoms with van der Waals surface area (Å²) in [5.74, 6) is 0.218. The van der Waals surface area contributed by atoms with E-state index in [9.17, 15) is 4.79 Å². The lowest BCUT2D eigenvalue weighted by Gasteiger charge is -2.17. The monoisotopic (exact) mass is 335 g/mol. The van der Waals surface area contributed by atoms with Crippen LogP contribution in [0.25, 0.3) is 0 Å². The molecule has 0 unspecified atom stereocenters. The number of hydrogen-bond donors (Lipinski definition) is 1. The molecular weight excluding hydrogens is 314 g/mol. The molecular formula is C17H22ClN3O2. The number of benzene rings is 1. The maximum absolute atomic E-state index is 12.7. The van der Waals surface area contributed by atoms with Crippen LogP contribution in [0.4, 0.5) is 11.5 Å². The van der Waals surface area contributed by atoms with E-state index in [4.69, 9.17) is 16.3 Å². The highest BCUT2D eigenvalue weighted by Gasteiger charge is 2.14. The first kappa shape index (κ1) is 17.5. The minimum absolute atomic E-state index is 0.131. The minimum atomic E-state index is -0.224. The van der Waals surface area contributed by atoms with Gasteiger partial charge >= 0.3 is 0 Å². The molecule has 1 aromatic heterocycles. The zero-order chi connectivity index (χ0) is 17.1. The number of rotatable bonds is 5. The summed E-state index contributed by atoms with van der Waals surface area (Å²) in [6, 6.07) is 3.99. The smallest absolute Gasteiger partial charge is 0.294 e. The van der Waals surface area contributed by atoms with Gasteiger partial charge in [-0.15, -0.1) is 0 Å². The average Bonchev–Trinajstić information content (AvgIpc) is 2.46. The van der Waals surface area contributed by atoms with Crippen LogP contribution in [-0.2, 0) is 4.74 Å². The van der Waals surface area contributed by atoms with E-state index in [1.54, 1.807) is 11.7 Å². The molecule has 0 amide bonds. The first-order chi connectivity index (χ1) is 10.8. The lowest BCUT2D eigenvalue weighted by Crippen LogP contribution is -2.28. The third-order valence-electron chi connectivity index (χ3n) is 3.70. The molecule has 2 aromatic rings. The quantitative estimate of drug-likeness (QED) is 0.903. The fourth-order valence-corrected chi connectivity index (χ4v) is 2.89. The Hall–Kier alpha value is -1.85. The first-order valence-corrected chi connectivity index (χ1v) is 7.83. The molecule has 124 valence electrons. The predicted octanol–water partition coefficient (Wildman–Crippen LogP) is 3.77. The van der Waals surface area contributed by atoms with Crippen LogP contribution in [0.3, 0.4) is 0 Å². The second-order valence-corrected chi connectivity index (χ2v) is 6.21. The van der Waals surface area contributed by atoms with Crippen LogP contribution < -0.4 is 10.9 Å². The Balaban J connectivity index is 2.47. The molecule has 0 fully saturated rings. The molecule has 0 aliphatic rings. The van der Waals surface area contributed by atoms with Gasteiger partial charge in [0.2, 0.25) is 0 Å². The molecule has 0 aliphatic heterocycles. The van der Waals surface area contributed by atoms with Crippen molar-refractivity contribution in [2.75, 3.05) is 19.0 Å². The maximum atomic E-state index is 12.7. The SMILES string of the molecule is COC[C@@H](C)n1cc(Cl)nc(Nc2c(C)cc(C)cc2C)c1=O.